The highest BCUT2D eigenvalue weighted by atomic mass is 35.5. The number of halogens is 1. The predicted octanol–water partition coefficient (Wildman–Crippen LogP) is 4.14. The van der Waals surface area contributed by atoms with Crippen LogP contribution < -0.4 is 10.6 Å². The molecule has 0 amide bonds. The Labute approximate surface area is 189 Å². The van der Waals surface area contributed by atoms with E-state index in [4.69, 9.17) is 11.6 Å². The number of aromatic carboxylic acids is 1. The number of fused-ring (bicyclic) bond motifs is 1. The van der Waals surface area contributed by atoms with Gasteiger partial charge < -0.3 is 10.0 Å². The minimum atomic E-state index is -0.997. The third-order valence-corrected chi connectivity index (χ3v) is 6.28. The van der Waals surface area contributed by atoms with Gasteiger partial charge in [0.1, 0.15) is 0 Å². The minimum Gasteiger partial charge on any atom is -0.478 e. The molecule has 32 heavy (non-hydrogen) atoms. The molecule has 162 valence electrons. The molecule has 2 aromatic heterocycles. The number of nitrogens with zero attached hydrogens (tertiary/aromatic N) is 4. The third kappa shape index (κ3) is 3.08. The molecule has 0 saturated heterocycles. The largest absolute Gasteiger partial charge is 0.478 e. The summed E-state index contributed by atoms with van der Waals surface area (Å²) in [5.74, 6) is -0.997. The van der Waals surface area contributed by atoms with Crippen molar-refractivity contribution >= 4 is 34.4 Å². The topological polar surface area (TPSA) is 80.4 Å². The van der Waals surface area contributed by atoms with Gasteiger partial charge in [-0.2, -0.15) is 0 Å². The zero-order valence-corrected chi connectivity index (χ0v) is 18.4. The predicted molar refractivity (Wildman–Crippen MR) is 124 cm³/mol. The molecule has 0 bridgehead atoms. The first-order valence-electron chi connectivity index (χ1n) is 10.2. The average molecular weight is 449 g/mol. The molecule has 5 rings (SSSR count). The van der Waals surface area contributed by atoms with E-state index in [0.29, 0.717) is 21.9 Å². The number of aromatic nitrogens is 3. The van der Waals surface area contributed by atoms with E-state index in [-0.39, 0.29) is 11.3 Å². The monoisotopic (exact) mass is 448 g/mol. The van der Waals surface area contributed by atoms with Crippen molar-refractivity contribution in [3.63, 3.8) is 0 Å². The molecule has 0 radical (unpaired) electrons. The molecule has 1 N–H and O–H groups in total. The van der Waals surface area contributed by atoms with E-state index in [2.05, 4.69) is 4.98 Å². The molecule has 1 fully saturated rings. The molecule has 1 aliphatic rings. The van der Waals surface area contributed by atoms with E-state index >= 15 is 0 Å². The van der Waals surface area contributed by atoms with Gasteiger partial charge in [-0.05, 0) is 60.9 Å². The molecule has 2 aromatic carbocycles. The Bertz CT molecular complexity index is 1420. The summed E-state index contributed by atoms with van der Waals surface area (Å²) in [4.78, 5) is 31.8. The van der Waals surface area contributed by atoms with E-state index in [1.165, 1.54) is 6.20 Å². The summed E-state index contributed by atoms with van der Waals surface area (Å²) < 4.78 is 3.31. The quantitative estimate of drug-likeness (QED) is 0.496. The van der Waals surface area contributed by atoms with E-state index in [1.807, 2.05) is 49.3 Å². The van der Waals surface area contributed by atoms with Crippen molar-refractivity contribution in [2.45, 2.75) is 18.4 Å². The molecule has 8 heteroatoms. The number of carbonyl (C=O) groups is 1. The lowest BCUT2D eigenvalue weighted by Gasteiger charge is -2.18. The van der Waals surface area contributed by atoms with Gasteiger partial charge in [0.05, 0.1) is 27.3 Å². The number of benzene rings is 2. The maximum absolute atomic E-state index is 13.8. The summed E-state index contributed by atoms with van der Waals surface area (Å²) >= 11 is 6.25. The molecule has 7 nitrogen and oxygen atoms in total. The van der Waals surface area contributed by atoms with E-state index in [9.17, 15) is 14.7 Å². The standard InChI is InChI=1S/C24H21ClN4O3/c1-27(2)18-6-8-19(9-7-18)28-20-13-17(25)14-26-21(20)29(23(28)32)24(10-11-24)16-5-3-4-15(12-16)22(30)31/h3-9,12-14H,10-11H2,1-2H3,(H,30,31). The highest BCUT2D eigenvalue weighted by Gasteiger charge is 2.49. The van der Waals surface area contributed by atoms with Crippen LogP contribution in [-0.4, -0.2) is 39.3 Å². The Kier molecular flexibility index (Phi) is 4.60. The number of carboxylic acid groups (broad SMARTS) is 1. The number of pyridine rings is 1. The second-order valence-electron chi connectivity index (χ2n) is 8.28. The van der Waals surface area contributed by atoms with Crippen molar-refractivity contribution in [2.75, 3.05) is 19.0 Å². The fourth-order valence-corrected chi connectivity index (χ4v) is 4.44. The number of hydrogen-bond acceptors (Lipinski definition) is 4. The lowest BCUT2D eigenvalue weighted by molar-refractivity contribution is 0.0696. The minimum absolute atomic E-state index is 0.195. The fourth-order valence-electron chi connectivity index (χ4n) is 4.29. The van der Waals surface area contributed by atoms with Gasteiger partial charge in [-0.25, -0.2) is 14.6 Å². The van der Waals surface area contributed by atoms with Gasteiger partial charge in [-0.3, -0.25) is 9.13 Å². The van der Waals surface area contributed by atoms with Gasteiger partial charge in [0.25, 0.3) is 0 Å². The normalized spacial score (nSPS) is 14.5. The Morgan fingerprint density at radius 1 is 1.12 bits per heavy atom. The summed E-state index contributed by atoms with van der Waals surface area (Å²) in [5.41, 5.74) is 2.99. The number of rotatable bonds is 5. The third-order valence-electron chi connectivity index (χ3n) is 6.07. The molecule has 1 saturated carbocycles. The maximum Gasteiger partial charge on any atom is 0.335 e. The Hall–Kier alpha value is -3.58. The average Bonchev–Trinajstić information content (AvgIpc) is 3.52. The van der Waals surface area contributed by atoms with Crippen LogP contribution in [0.15, 0.2) is 65.6 Å². The van der Waals surface area contributed by atoms with Gasteiger partial charge in [-0.15, -0.1) is 0 Å². The van der Waals surface area contributed by atoms with Crippen molar-refractivity contribution in [1.29, 1.82) is 0 Å². The van der Waals surface area contributed by atoms with Gasteiger partial charge in [0.2, 0.25) is 0 Å². The van der Waals surface area contributed by atoms with E-state index in [1.54, 1.807) is 33.4 Å². The Balaban J connectivity index is 1.75. The number of carboxylic acids is 1. The van der Waals surface area contributed by atoms with Crippen LogP contribution in [-0.2, 0) is 5.54 Å². The molecule has 0 aliphatic heterocycles. The summed E-state index contributed by atoms with van der Waals surface area (Å²) in [7, 11) is 3.91. The highest BCUT2D eigenvalue weighted by Crippen LogP contribution is 2.50. The first-order valence-corrected chi connectivity index (χ1v) is 10.6. The van der Waals surface area contributed by atoms with Crippen molar-refractivity contribution in [2.24, 2.45) is 0 Å². The van der Waals surface area contributed by atoms with Crippen molar-refractivity contribution in [1.82, 2.24) is 14.1 Å². The molecule has 1 aliphatic carbocycles. The molecule has 2 heterocycles. The number of imidazole rings is 1. The van der Waals surface area contributed by atoms with E-state index < -0.39 is 11.5 Å². The van der Waals surface area contributed by atoms with Crippen molar-refractivity contribution < 1.29 is 9.90 Å². The second kappa shape index (κ2) is 7.24. The van der Waals surface area contributed by atoms with Crippen LogP contribution in [0.5, 0.6) is 0 Å². The van der Waals surface area contributed by atoms with Crippen molar-refractivity contribution in [3.8, 4) is 5.69 Å². The van der Waals surface area contributed by atoms with Crippen LogP contribution >= 0.6 is 11.6 Å². The van der Waals surface area contributed by atoms with E-state index in [0.717, 1.165) is 24.1 Å². The maximum atomic E-state index is 13.8. The first kappa shape index (κ1) is 20.3. The van der Waals surface area contributed by atoms with Crippen LogP contribution in [0.4, 0.5) is 5.69 Å². The molecular weight excluding hydrogens is 428 g/mol. The van der Waals surface area contributed by atoms with Crippen LogP contribution in [0.25, 0.3) is 16.9 Å². The Morgan fingerprint density at radius 3 is 2.47 bits per heavy atom. The van der Waals surface area contributed by atoms with Gasteiger partial charge >= 0.3 is 11.7 Å². The smallest absolute Gasteiger partial charge is 0.335 e. The van der Waals surface area contributed by atoms with Crippen LogP contribution in [0.1, 0.15) is 28.8 Å². The molecule has 0 spiro atoms. The number of anilines is 1. The second-order valence-corrected chi connectivity index (χ2v) is 8.71. The van der Waals surface area contributed by atoms with Crippen LogP contribution in [0, 0.1) is 0 Å². The van der Waals surface area contributed by atoms with Gasteiger partial charge in [-0.1, -0.05) is 23.7 Å². The Morgan fingerprint density at radius 2 is 1.84 bits per heavy atom. The zero-order chi connectivity index (χ0) is 22.6. The van der Waals surface area contributed by atoms with Crippen molar-refractivity contribution in [3.05, 3.63) is 87.4 Å². The van der Waals surface area contributed by atoms with Gasteiger partial charge in [0, 0.05) is 26.0 Å². The van der Waals surface area contributed by atoms with Crippen LogP contribution in [0.2, 0.25) is 5.02 Å². The summed E-state index contributed by atoms with van der Waals surface area (Å²) in [6.07, 6.45) is 2.97. The first-order chi connectivity index (χ1) is 15.3. The lowest BCUT2D eigenvalue weighted by atomic mass is 10.0. The molecule has 0 atom stereocenters. The highest BCUT2D eigenvalue weighted by molar-refractivity contribution is 6.31. The zero-order valence-electron chi connectivity index (χ0n) is 17.6. The fraction of sp³-hybridized carbons (Fsp3) is 0.208. The van der Waals surface area contributed by atoms with Gasteiger partial charge in [0.15, 0.2) is 5.65 Å². The molecule has 4 aromatic rings. The number of hydrogen-bond donors (Lipinski definition) is 1. The summed E-state index contributed by atoms with van der Waals surface area (Å²) in [6.45, 7) is 0. The molecule has 0 unspecified atom stereocenters. The lowest BCUT2D eigenvalue weighted by Crippen LogP contribution is -2.32. The SMILES string of the molecule is CN(C)c1ccc(-n2c(=O)n(C3(c4cccc(C(=O)O)c4)CC3)c3ncc(Cl)cc32)cc1. The summed E-state index contributed by atoms with van der Waals surface area (Å²) in [5, 5.41) is 9.87. The summed E-state index contributed by atoms with van der Waals surface area (Å²) in [6, 6.07) is 16.2. The molecular formula is C24H21ClN4O3. The van der Waals surface area contributed by atoms with Crippen LogP contribution in [0.3, 0.4) is 0 Å².